The normalized spacial score (nSPS) is 27.1. The number of rotatable bonds is 14. The third kappa shape index (κ3) is 7.47. The van der Waals surface area contributed by atoms with Crippen LogP contribution in [0.1, 0.15) is 102 Å². The van der Waals surface area contributed by atoms with E-state index in [0.717, 1.165) is 38.8 Å². The lowest BCUT2D eigenvalue weighted by Gasteiger charge is -2.53. The molecule has 4 aromatic carbocycles. The van der Waals surface area contributed by atoms with E-state index in [1.165, 1.54) is 47.4 Å². The average molecular weight is 824 g/mol. The highest BCUT2D eigenvalue weighted by Gasteiger charge is 2.61. The van der Waals surface area contributed by atoms with Gasteiger partial charge in [-0.25, -0.2) is 0 Å². The fourth-order valence-electron chi connectivity index (χ4n) is 10.9. The van der Waals surface area contributed by atoms with Gasteiger partial charge in [0.15, 0.2) is 0 Å². The summed E-state index contributed by atoms with van der Waals surface area (Å²) < 4.78 is 8.67. The smallest absolute Gasteiger partial charge is 0.0906 e. The van der Waals surface area contributed by atoms with Gasteiger partial charge < -0.3 is 0 Å². The third-order valence-electron chi connectivity index (χ3n) is 14.7. The maximum Gasteiger partial charge on any atom is 0.0906 e. The van der Waals surface area contributed by atoms with Gasteiger partial charge in [-0.1, -0.05) is 97.1 Å². The predicted octanol–water partition coefficient (Wildman–Crippen LogP) is 14.2. The van der Waals surface area contributed by atoms with E-state index >= 15 is 0 Å². The van der Waals surface area contributed by atoms with Gasteiger partial charge >= 0.3 is 0 Å². The van der Waals surface area contributed by atoms with E-state index in [1.54, 1.807) is 0 Å². The van der Waals surface area contributed by atoms with Gasteiger partial charge in [-0.3, -0.25) is 0 Å². The fraction of sp³-hybridized carbons (Fsp3) is 0.429. The van der Waals surface area contributed by atoms with E-state index in [-0.39, 0.29) is 0 Å². The molecule has 3 aliphatic heterocycles. The van der Waals surface area contributed by atoms with Gasteiger partial charge in [0.25, 0.3) is 0 Å². The molecule has 0 radical (unpaired) electrons. The molecule has 3 nitrogen and oxygen atoms in total. The van der Waals surface area contributed by atoms with Gasteiger partial charge in [-0.05, 0) is 129 Å². The first-order chi connectivity index (χ1) is 26.9. The van der Waals surface area contributed by atoms with Crippen molar-refractivity contribution >= 4 is 40.3 Å². The maximum absolute atomic E-state index is 5.61. The summed E-state index contributed by atoms with van der Waals surface area (Å²) in [5.41, 5.74) is 6.26. The van der Waals surface area contributed by atoms with Crippen molar-refractivity contribution in [2.75, 3.05) is 20.1 Å². The van der Waals surface area contributed by atoms with Gasteiger partial charge in [0.05, 0.1) is 58.5 Å². The molecule has 0 spiro atoms. The molecular weight excluding hydrogens is 754 g/mol. The monoisotopic (exact) mass is 823 g/mol. The summed E-state index contributed by atoms with van der Waals surface area (Å²) >= 11 is 0. The molecule has 4 aromatic rings. The summed E-state index contributed by atoms with van der Waals surface area (Å²) in [6.45, 7) is 33.5. The van der Waals surface area contributed by atoms with E-state index in [0.29, 0.717) is 34.0 Å². The van der Waals surface area contributed by atoms with Crippen LogP contribution in [0.15, 0.2) is 121 Å². The minimum atomic E-state index is -2.36. The SMILES string of the molecule is [CH2-][P+](c1ccccc1)(c1ccccc1)N(CCCCN(N(C)[P+]1([CH2-])[C@H](C)CC[C@H]1C)[P+]1([CH2-])[C@H](C)CC[C@H]1C)[P+]1([CH2-])[C@H](c2ccccc2)CC[C@H]1c1ccccc1. The van der Waals surface area contributed by atoms with Crippen molar-refractivity contribution in [3.63, 3.8) is 0 Å². The van der Waals surface area contributed by atoms with Gasteiger partial charge in [-0.15, -0.1) is 20.7 Å². The van der Waals surface area contributed by atoms with Gasteiger partial charge in [0, 0.05) is 21.0 Å². The first-order valence-corrected chi connectivity index (χ1v) is 29.4. The quantitative estimate of drug-likeness (QED) is 0.0543. The van der Waals surface area contributed by atoms with E-state index in [2.05, 4.69) is 170 Å². The molecule has 56 heavy (non-hydrogen) atoms. The second-order valence-corrected chi connectivity index (χ2v) is 32.5. The molecule has 300 valence electrons. The van der Waals surface area contributed by atoms with Crippen LogP contribution in [0.4, 0.5) is 0 Å². The maximum atomic E-state index is 5.61. The summed E-state index contributed by atoms with van der Waals surface area (Å²) in [4.78, 5) is 0. The van der Waals surface area contributed by atoms with Crippen LogP contribution in [0.5, 0.6) is 0 Å². The van der Waals surface area contributed by atoms with E-state index in [4.69, 9.17) is 26.7 Å². The number of hydrazine groups is 1. The fourth-order valence-corrected chi connectivity index (χ4v) is 29.9. The average Bonchev–Trinajstić information content (AvgIpc) is 3.82. The Morgan fingerprint density at radius 3 is 1.27 bits per heavy atom. The molecule has 0 unspecified atom stereocenters. The molecule has 3 saturated heterocycles. The van der Waals surface area contributed by atoms with Crippen molar-refractivity contribution in [3.8, 4) is 0 Å². The largest absolute Gasteiger partial charge is 0.161 e. The Morgan fingerprint density at radius 1 is 0.500 bits per heavy atom. The summed E-state index contributed by atoms with van der Waals surface area (Å²) in [5.74, 6) is 0. The summed E-state index contributed by atoms with van der Waals surface area (Å²) in [7, 11) is -5.40. The molecular formula is C49H69N3P4. The van der Waals surface area contributed by atoms with Crippen LogP contribution in [-0.2, 0) is 0 Å². The number of nitrogens with zero attached hydrogens (tertiary/aromatic N) is 3. The summed E-state index contributed by atoms with van der Waals surface area (Å²) in [6.07, 6.45) is 9.70. The second-order valence-electron chi connectivity index (χ2n) is 17.5. The standard InChI is InChI=1S/C49H69N3P4/c1-40-32-33-41(2)53(40,6)50(5)51(54(7)42(3)34-35-43(54)4)38-22-23-39-52(55(8,46-28-18-12-19-29-46)47-30-20-13-21-31-47)56(9)48(44-24-14-10-15-25-44)36-37-49(56)45-26-16-11-17-27-45/h10-21,24-31,40-43,48-49H,6-9,22-23,32-39H2,1-5H3/t40-,41-,42-,43-,48+,49+/m1/s1. The Morgan fingerprint density at radius 2 is 0.857 bits per heavy atom. The van der Waals surface area contributed by atoms with Gasteiger partial charge in [0.2, 0.25) is 0 Å². The Kier molecular flexibility index (Phi) is 13.4. The molecule has 3 heterocycles. The van der Waals surface area contributed by atoms with Crippen molar-refractivity contribution in [2.24, 2.45) is 0 Å². The summed E-state index contributed by atoms with van der Waals surface area (Å²) in [6, 6.07) is 45.4. The zero-order valence-corrected chi connectivity index (χ0v) is 38.6. The van der Waals surface area contributed by atoms with Crippen LogP contribution in [0.25, 0.3) is 0 Å². The number of unbranched alkanes of at least 4 members (excludes halogenated alkanes) is 1. The lowest BCUT2D eigenvalue weighted by Crippen LogP contribution is -2.44. The number of hydrogen-bond acceptors (Lipinski definition) is 3. The molecule has 0 aromatic heterocycles. The van der Waals surface area contributed by atoms with Crippen molar-refractivity contribution in [1.82, 2.24) is 14.0 Å². The molecule has 0 aliphatic carbocycles. The topological polar surface area (TPSA) is 9.72 Å². The Hall–Kier alpha value is -1.52. The summed E-state index contributed by atoms with van der Waals surface area (Å²) in [5, 5.41) is 2.70. The predicted molar refractivity (Wildman–Crippen MR) is 256 cm³/mol. The molecule has 7 heteroatoms. The zero-order valence-electron chi connectivity index (χ0n) is 35.0. The highest BCUT2D eigenvalue weighted by molar-refractivity contribution is 7.97. The third-order valence-corrected chi connectivity index (χ3v) is 34.1. The Labute approximate surface area is 345 Å². The highest BCUT2D eigenvalue weighted by atomic mass is 31.2. The Bertz CT molecular complexity index is 1740. The molecule has 0 bridgehead atoms. The van der Waals surface area contributed by atoms with Crippen molar-refractivity contribution in [1.29, 1.82) is 0 Å². The molecule has 3 fully saturated rings. The molecule has 6 atom stereocenters. The van der Waals surface area contributed by atoms with Crippen molar-refractivity contribution < 1.29 is 0 Å². The van der Waals surface area contributed by atoms with Crippen LogP contribution in [0.2, 0.25) is 0 Å². The van der Waals surface area contributed by atoms with Crippen molar-refractivity contribution in [2.45, 2.75) is 113 Å². The van der Waals surface area contributed by atoms with E-state index in [1.807, 2.05) is 0 Å². The van der Waals surface area contributed by atoms with E-state index in [9.17, 15) is 0 Å². The van der Waals surface area contributed by atoms with Crippen LogP contribution >= 0.6 is 29.7 Å². The van der Waals surface area contributed by atoms with Crippen LogP contribution < -0.4 is 10.6 Å². The molecule has 0 N–H and O–H groups in total. The lowest BCUT2D eigenvalue weighted by atomic mass is 10.0. The first-order valence-electron chi connectivity index (χ1n) is 21.3. The molecule has 3 aliphatic rings. The number of benzene rings is 4. The first kappa shape index (κ1) is 42.6. The highest BCUT2D eigenvalue weighted by Crippen LogP contribution is 2.91. The molecule has 0 amide bonds. The Balaban J connectivity index is 1.31. The van der Waals surface area contributed by atoms with E-state index < -0.39 is 29.7 Å². The van der Waals surface area contributed by atoms with Crippen molar-refractivity contribution in [3.05, 3.63) is 159 Å². The molecule has 7 rings (SSSR count). The zero-order chi connectivity index (χ0) is 39.7. The lowest BCUT2D eigenvalue weighted by molar-refractivity contribution is 0.200. The second kappa shape index (κ2) is 17.6. The molecule has 0 saturated carbocycles. The van der Waals surface area contributed by atoms with Gasteiger partial charge in [0.1, 0.15) is 0 Å². The van der Waals surface area contributed by atoms with Crippen LogP contribution in [-0.4, -0.2) is 56.8 Å². The minimum absolute atomic E-state index is 0.375. The minimum Gasteiger partial charge on any atom is -0.161 e. The number of hydrogen-bond donors (Lipinski definition) is 0. The van der Waals surface area contributed by atoms with Crippen LogP contribution in [0, 0.1) is 26.7 Å². The van der Waals surface area contributed by atoms with Gasteiger partial charge in [-0.2, -0.15) is 20.0 Å². The van der Waals surface area contributed by atoms with Crippen LogP contribution in [0.3, 0.4) is 0 Å².